The minimum Gasteiger partial charge on any atom is -0.386 e. The van der Waals surface area contributed by atoms with Crippen molar-refractivity contribution in [1.29, 1.82) is 0 Å². The molecule has 0 amide bonds. The third kappa shape index (κ3) is 5.14. The average molecular weight is 468 g/mol. The van der Waals surface area contributed by atoms with Gasteiger partial charge in [-0.05, 0) is 91.0 Å². The maximum atomic E-state index is 10.7. The molecule has 0 unspecified atom stereocenters. The van der Waals surface area contributed by atoms with E-state index in [4.69, 9.17) is 0 Å². The van der Waals surface area contributed by atoms with E-state index in [9.17, 15) is 5.11 Å². The highest BCUT2D eigenvalue weighted by molar-refractivity contribution is 5.68. The van der Waals surface area contributed by atoms with Crippen molar-refractivity contribution in [1.82, 2.24) is 4.98 Å². The van der Waals surface area contributed by atoms with E-state index in [1.54, 1.807) is 0 Å². The highest BCUT2D eigenvalue weighted by Crippen LogP contribution is 2.41. The van der Waals surface area contributed by atoms with Gasteiger partial charge in [0.2, 0.25) is 0 Å². The summed E-state index contributed by atoms with van der Waals surface area (Å²) in [4.78, 5) is 4.47. The molecular formula is C33H41NO. The first-order valence-corrected chi connectivity index (χ1v) is 13.4. The van der Waals surface area contributed by atoms with Crippen LogP contribution >= 0.6 is 0 Å². The van der Waals surface area contributed by atoms with Gasteiger partial charge in [-0.1, -0.05) is 82.2 Å². The van der Waals surface area contributed by atoms with E-state index in [1.807, 2.05) is 18.5 Å². The third-order valence-electron chi connectivity index (χ3n) is 8.37. The number of benzene rings is 2. The molecule has 35 heavy (non-hydrogen) atoms. The van der Waals surface area contributed by atoms with Crippen molar-refractivity contribution < 1.29 is 5.11 Å². The van der Waals surface area contributed by atoms with Crippen molar-refractivity contribution in [3.8, 4) is 11.1 Å². The first-order chi connectivity index (χ1) is 16.8. The predicted octanol–water partition coefficient (Wildman–Crippen LogP) is 8.35. The minimum absolute atomic E-state index is 0.0243. The molecule has 1 aliphatic carbocycles. The molecular weight excluding hydrogens is 426 g/mol. The van der Waals surface area contributed by atoms with Crippen molar-refractivity contribution in [3.63, 3.8) is 0 Å². The van der Waals surface area contributed by atoms with Crippen molar-refractivity contribution in [3.05, 3.63) is 94.3 Å². The lowest BCUT2D eigenvalue weighted by Gasteiger charge is -2.34. The molecule has 0 aliphatic heterocycles. The number of hydrogen-bond donors (Lipinski definition) is 1. The Morgan fingerprint density at radius 1 is 0.886 bits per heavy atom. The Hall–Kier alpha value is -2.71. The van der Waals surface area contributed by atoms with E-state index in [0.29, 0.717) is 0 Å². The van der Waals surface area contributed by atoms with Gasteiger partial charge in [0.1, 0.15) is 0 Å². The van der Waals surface area contributed by atoms with Crippen LogP contribution in [0.5, 0.6) is 0 Å². The average Bonchev–Trinajstić information content (AvgIpc) is 3.31. The molecule has 1 aliphatic rings. The summed E-state index contributed by atoms with van der Waals surface area (Å²) in [6.07, 6.45) is 15.2. The van der Waals surface area contributed by atoms with E-state index in [-0.39, 0.29) is 5.41 Å². The van der Waals surface area contributed by atoms with Gasteiger partial charge in [-0.25, -0.2) is 0 Å². The number of aliphatic hydroxyl groups is 1. The second-order valence-electron chi connectivity index (χ2n) is 10.5. The van der Waals surface area contributed by atoms with E-state index < -0.39 is 5.60 Å². The Kier molecular flexibility index (Phi) is 7.62. The molecule has 0 spiro atoms. The molecule has 0 radical (unpaired) electrons. The monoisotopic (exact) mass is 467 g/mol. The lowest BCUT2D eigenvalue weighted by molar-refractivity contribution is 0.100. The largest absolute Gasteiger partial charge is 0.386 e. The zero-order valence-corrected chi connectivity index (χ0v) is 22.2. The van der Waals surface area contributed by atoms with E-state index in [2.05, 4.69) is 88.1 Å². The van der Waals surface area contributed by atoms with E-state index in [0.717, 1.165) is 44.9 Å². The van der Waals surface area contributed by atoms with Crippen molar-refractivity contribution >= 4 is 6.08 Å². The summed E-state index contributed by atoms with van der Waals surface area (Å²) in [5.41, 5.74) is 9.60. The molecule has 1 heterocycles. The van der Waals surface area contributed by atoms with Gasteiger partial charge in [0, 0.05) is 23.4 Å². The first kappa shape index (κ1) is 25.4. The second kappa shape index (κ2) is 10.5. The Bertz CT molecular complexity index is 1200. The smallest absolute Gasteiger partial charge is 0.0830 e. The van der Waals surface area contributed by atoms with Crippen LogP contribution in [-0.2, 0) is 11.8 Å². The molecule has 2 nitrogen and oxygen atoms in total. The van der Waals surface area contributed by atoms with Crippen molar-refractivity contribution in [2.45, 2.75) is 90.6 Å². The molecule has 2 heteroatoms. The molecule has 1 aromatic heterocycles. The van der Waals surface area contributed by atoms with Crippen LogP contribution in [0.2, 0.25) is 0 Å². The van der Waals surface area contributed by atoms with Crippen LogP contribution in [0.15, 0.2) is 60.9 Å². The Morgan fingerprint density at radius 2 is 1.54 bits per heavy atom. The number of aryl methyl sites for hydroxylation is 3. The molecule has 4 rings (SSSR count). The van der Waals surface area contributed by atoms with Crippen LogP contribution < -0.4 is 0 Å². The number of nitrogens with zero attached hydrogens (tertiary/aromatic N) is 1. The van der Waals surface area contributed by atoms with Gasteiger partial charge in [0.25, 0.3) is 0 Å². The summed E-state index contributed by atoms with van der Waals surface area (Å²) in [7, 11) is 0. The SMILES string of the molecule is CCc1cncc(-c2ccc(C(CC)(CC)c3ccc(/C=C/C4(O)CCCC4)c(C)c3)cc2C)c1. The van der Waals surface area contributed by atoms with Gasteiger partial charge in [0.15, 0.2) is 0 Å². The zero-order valence-electron chi connectivity index (χ0n) is 22.2. The molecule has 184 valence electrons. The fourth-order valence-electron chi connectivity index (χ4n) is 5.91. The maximum Gasteiger partial charge on any atom is 0.0830 e. The van der Waals surface area contributed by atoms with Gasteiger partial charge in [-0.3, -0.25) is 4.98 Å². The Balaban J connectivity index is 1.68. The summed E-state index contributed by atoms with van der Waals surface area (Å²) in [6, 6.07) is 16.2. The Labute approximate surface area is 212 Å². The quantitative estimate of drug-likeness (QED) is 0.361. The topological polar surface area (TPSA) is 33.1 Å². The molecule has 2 aromatic carbocycles. The fourth-order valence-corrected chi connectivity index (χ4v) is 5.91. The van der Waals surface area contributed by atoms with Crippen LogP contribution in [0.1, 0.15) is 92.7 Å². The van der Waals surface area contributed by atoms with Crippen molar-refractivity contribution in [2.24, 2.45) is 0 Å². The molecule has 1 saturated carbocycles. The number of hydrogen-bond acceptors (Lipinski definition) is 2. The summed E-state index contributed by atoms with van der Waals surface area (Å²) in [5.74, 6) is 0. The summed E-state index contributed by atoms with van der Waals surface area (Å²) >= 11 is 0. The number of rotatable bonds is 8. The van der Waals surface area contributed by atoms with Gasteiger partial charge in [-0.2, -0.15) is 0 Å². The lowest BCUT2D eigenvalue weighted by atomic mass is 9.69. The fraction of sp³-hybridized carbons (Fsp3) is 0.424. The lowest BCUT2D eigenvalue weighted by Crippen LogP contribution is -2.26. The summed E-state index contributed by atoms with van der Waals surface area (Å²) in [5, 5.41) is 10.7. The maximum absolute atomic E-state index is 10.7. The number of pyridine rings is 1. The standard InChI is InChI=1S/C33H41NO/c1-6-26-21-28(23-34-22-26)31-14-13-30(20-25(31)5)33(7-2,8-3)29-12-11-27(24(4)19-29)15-18-32(35)16-9-10-17-32/h11-15,18-23,35H,6-10,16-17H2,1-5H3/b18-15+. The first-order valence-electron chi connectivity index (χ1n) is 13.4. The summed E-state index contributed by atoms with van der Waals surface area (Å²) in [6.45, 7) is 11.2. The minimum atomic E-state index is -0.618. The molecule has 3 aromatic rings. The van der Waals surface area contributed by atoms with Crippen molar-refractivity contribution in [2.75, 3.05) is 0 Å². The predicted molar refractivity (Wildman–Crippen MR) is 149 cm³/mol. The molecule has 0 bridgehead atoms. The highest BCUT2D eigenvalue weighted by Gasteiger charge is 2.32. The second-order valence-corrected chi connectivity index (χ2v) is 10.5. The van der Waals surface area contributed by atoms with Gasteiger partial charge in [0.05, 0.1) is 5.60 Å². The van der Waals surface area contributed by atoms with E-state index >= 15 is 0 Å². The van der Waals surface area contributed by atoms with Crippen LogP contribution in [0.4, 0.5) is 0 Å². The third-order valence-corrected chi connectivity index (χ3v) is 8.37. The Morgan fingerprint density at radius 3 is 2.14 bits per heavy atom. The van der Waals surface area contributed by atoms with Gasteiger partial charge in [-0.15, -0.1) is 0 Å². The molecule has 0 atom stereocenters. The van der Waals surface area contributed by atoms with Crippen LogP contribution in [0.25, 0.3) is 17.2 Å². The molecule has 0 saturated heterocycles. The van der Waals surface area contributed by atoms with Crippen LogP contribution in [-0.4, -0.2) is 15.7 Å². The van der Waals surface area contributed by atoms with E-state index in [1.165, 1.54) is 44.5 Å². The molecule has 1 fully saturated rings. The molecule has 1 N–H and O–H groups in total. The van der Waals surface area contributed by atoms with Crippen LogP contribution in [0.3, 0.4) is 0 Å². The van der Waals surface area contributed by atoms with Gasteiger partial charge < -0.3 is 5.11 Å². The highest BCUT2D eigenvalue weighted by atomic mass is 16.3. The zero-order chi connectivity index (χ0) is 25.1. The number of aromatic nitrogens is 1. The normalized spacial score (nSPS) is 15.7. The summed E-state index contributed by atoms with van der Waals surface area (Å²) < 4.78 is 0. The van der Waals surface area contributed by atoms with Gasteiger partial charge >= 0.3 is 0 Å². The van der Waals surface area contributed by atoms with Crippen LogP contribution in [0, 0.1) is 13.8 Å².